The van der Waals surface area contributed by atoms with E-state index in [0.717, 1.165) is 18.8 Å². The van der Waals surface area contributed by atoms with Crippen LogP contribution < -0.4 is 10.6 Å². The molecule has 0 fully saturated rings. The zero-order valence-electron chi connectivity index (χ0n) is 9.68. The summed E-state index contributed by atoms with van der Waals surface area (Å²) in [7, 11) is 2.07. The lowest BCUT2D eigenvalue weighted by Gasteiger charge is -2.19. The van der Waals surface area contributed by atoms with Gasteiger partial charge in [0.15, 0.2) is 0 Å². The van der Waals surface area contributed by atoms with Crippen LogP contribution in [0.1, 0.15) is 13.3 Å². The van der Waals surface area contributed by atoms with Crippen molar-refractivity contribution in [2.24, 2.45) is 5.73 Å². The molecule has 0 aromatic carbocycles. The van der Waals surface area contributed by atoms with Crippen molar-refractivity contribution in [1.29, 1.82) is 0 Å². The average molecular weight is 235 g/mol. The zero-order chi connectivity index (χ0) is 11.5. The third-order valence-corrected chi connectivity index (χ3v) is 3.52. The number of pyridine rings is 1. The lowest BCUT2D eigenvalue weighted by Crippen LogP contribution is -2.26. The van der Waals surface area contributed by atoms with Gasteiger partial charge in [-0.25, -0.2) is 4.98 Å². The smallest absolute Gasteiger partial charge is 0.136 e. The highest BCUT2D eigenvalue weighted by atomic mass is 32.1. The molecule has 0 amide bonds. The summed E-state index contributed by atoms with van der Waals surface area (Å²) in [5, 5.41) is 3.34. The maximum Gasteiger partial charge on any atom is 0.136 e. The molecule has 0 aliphatic carbocycles. The van der Waals surface area contributed by atoms with Gasteiger partial charge in [0.1, 0.15) is 5.82 Å². The van der Waals surface area contributed by atoms with Gasteiger partial charge < -0.3 is 10.6 Å². The fourth-order valence-electron chi connectivity index (χ4n) is 1.69. The highest BCUT2D eigenvalue weighted by Crippen LogP contribution is 2.27. The quantitative estimate of drug-likeness (QED) is 0.885. The molecule has 2 N–H and O–H groups in total. The number of rotatable bonds is 4. The Balaban J connectivity index is 2.22. The summed E-state index contributed by atoms with van der Waals surface area (Å²) in [4.78, 5) is 6.63. The molecule has 0 saturated heterocycles. The van der Waals surface area contributed by atoms with Crippen molar-refractivity contribution in [1.82, 2.24) is 4.98 Å². The molecule has 1 unspecified atom stereocenters. The number of fused-ring (bicyclic) bond motifs is 1. The third-order valence-electron chi connectivity index (χ3n) is 2.64. The van der Waals surface area contributed by atoms with E-state index in [-0.39, 0.29) is 6.04 Å². The number of nitrogens with zero attached hydrogens (tertiary/aromatic N) is 2. The predicted octanol–water partition coefficient (Wildman–Crippen LogP) is 2.47. The normalized spacial score (nSPS) is 12.9. The molecule has 0 spiro atoms. The van der Waals surface area contributed by atoms with Crippen molar-refractivity contribution in [3.05, 3.63) is 23.7 Å². The van der Waals surface area contributed by atoms with Crippen molar-refractivity contribution in [2.45, 2.75) is 19.4 Å². The van der Waals surface area contributed by atoms with Crippen LogP contribution in [-0.2, 0) is 0 Å². The highest BCUT2D eigenvalue weighted by Gasteiger charge is 2.08. The molecule has 0 aliphatic rings. The largest absolute Gasteiger partial charge is 0.359 e. The minimum Gasteiger partial charge on any atom is -0.359 e. The number of nitrogens with two attached hydrogens (primary N) is 1. The second kappa shape index (κ2) is 4.80. The Kier molecular flexibility index (Phi) is 3.41. The molecular weight excluding hydrogens is 218 g/mol. The number of aromatic nitrogens is 1. The Morgan fingerprint density at radius 1 is 1.50 bits per heavy atom. The molecule has 16 heavy (non-hydrogen) atoms. The van der Waals surface area contributed by atoms with Gasteiger partial charge in [-0.1, -0.05) is 0 Å². The number of hydrogen-bond acceptors (Lipinski definition) is 4. The van der Waals surface area contributed by atoms with Gasteiger partial charge in [0.2, 0.25) is 0 Å². The van der Waals surface area contributed by atoms with E-state index in [1.54, 1.807) is 11.3 Å². The second-order valence-corrected chi connectivity index (χ2v) is 5.10. The summed E-state index contributed by atoms with van der Waals surface area (Å²) < 4.78 is 1.29. The maximum absolute atomic E-state index is 5.77. The first-order chi connectivity index (χ1) is 7.68. The fourth-order valence-corrected chi connectivity index (χ4v) is 2.46. The van der Waals surface area contributed by atoms with E-state index in [0.29, 0.717) is 0 Å². The van der Waals surface area contributed by atoms with E-state index in [1.165, 1.54) is 10.1 Å². The van der Waals surface area contributed by atoms with Crippen LogP contribution in [0.3, 0.4) is 0 Å². The van der Waals surface area contributed by atoms with Gasteiger partial charge in [0.25, 0.3) is 0 Å². The summed E-state index contributed by atoms with van der Waals surface area (Å²) in [6.07, 6.45) is 2.86. The van der Waals surface area contributed by atoms with E-state index in [4.69, 9.17) is 5.73 Å². The van der Waals surface area contributed by atoms with Crippen LogP contribution in [-0.4, -0.2) is 24.6 Å². The lowest BCUT2D eigenvalue weighted by molar-refractivity contribution is 0.657. The van der Waals surface area contributed by atoms with Gasteiger partial charge in [-0.3, -0.25) is 0 Å². The Morgan fingerprint density at radius 3 is 3.06 bits per heavy atom. The molecule has 0 bridgehead atoms. The topological polar surface area (TPSA) is 42.1 Å². The number of thiophene rings is 1. The monoisotopic (exact) mass is 235 g/mol. The first-order valence-corrected chi connectivity index (χ1v) is 6.35. The minimum absolute atomic E-state index is 0.240. The van der Waals surface area contributed by atoms with Gasteiger partial charge in [-0.05, 0) is 30.9 Å². The van der Waals surface area contributed by atoms with Gasteiger partial charge in [0, 0.05) is 35.9 Å². The molecule has 2 aromatic heterocycles. The van der Waals surface area contributed by atoms with E-state index >= 15 is 0 Å². The summed E-state index contributed by atoms with van der Waals surface area (Å²) in [6.45, 7) is 2.98. The predicted molar refractivity (Wildman–Crippen MR) is 71.2 cm³/mol. The van der Waals surface area contributed by atoms with E-state index in [1.807, 2.05) is 13.1 Å². The highest BCUT2D eigenvalue weighted by molar-refractivity contribution is 7.17. The van der Waals surface area contributed by atoms with Gasteiger partial charge in [-0.15, -0.1) is 11.3 Å². The summed E-state index contributed by atoms with van der Waals surface area (Å²) >= 11 is 1.75. The molecule has 0 aliphatic heterocycles. The van der Waals surface area contributed by atoms with Crippen molar-refractivity contribution >= 4 is 27.2 Å². The van der Waals surface area contributed by atoms with Crippen LogP contribution >= 0.6 is 11.3 Å². The molecule has 2 aromatic rings. The van der Waals surface area contributed by atoms with Gasteiger partial charge >= 0.3 is 0 Å². The third kappa shape index (κ3) is 2.33. The minimum atomic E-state index is 0.240. The van der Waals surface area contributed by atoms with E-state index < -0.39 is 0 Å². The molecule has 1 atom stereocenters. The summed E-state index contributed by atoms with van der Waals surface area (Å²) in [5.41, 5.74) is 5.77. The van der Waals surface area contributed by atoms with E-state index in [9.17, 15) is 0 Å². The zero-order valence-corrected chi connectivity index (χ0v) is 10.5. The van der Waals surface area contributed by atoms with Crippen LogP contribution in [0.15, 0.2) is 23.7 Å². The Hall–Kier alpha value is -1.13. The van der Waals surface area contributed by atoms with Crippen molar-refractivity contribution in [2.75, 3.05) is 18.5 Å². The number of hydrogen-bond donors (Lipinski definition) is 1. The second-order valence-electron chi connectivity index (χ2n) is 4.15. The SMILES string of the molecule is CC(N)CCN(C)c1nccc2sccc12. The lowest BCUT2D eigenvalue weighted by atomic mass is 10.2. The van der Waals surface area contributed by atoms with Gasteiger partial charge in [-0.2, -0.15) is 0 Å². The molecule has 0 saturated carbocycles. The van der Waals surface area contributed by atoms with Crippen LogP contribution in [0.4, 0.5) is 5.82 Å². The average Bonchev–Trinajstić information content (AvgIpc) is 2.73. The van der Waals surface area contributed by atoms with Crippen molar-refractivity contribution in [3.8, 4) is 0 Å². The van der Waals surface area contributed by atoms with Crippen LogP contribution in [0, 0.1) is 0 Å². The Morgan fingerprint density at radius 2 is 2.31 bits per heavy atom. The fraction of sp³-hybridized carbons (Fsp3) is 0.417. The summed E-state index contributed by atoms with van der Waals surface area (Å²) in [6, 6.07) is 4.43. The first-order valence-electron chi connectivity index (χ1n) is 5.47. The van der Waals surface area contributed by atoms with Crippen LogP contribution in [0.25, 0.3) is 10.1 Å². The Bertz CT molecular complexity index is 464. The standard InChI is InChI=1S/C12H17N3S/c1-9(13)4-7-15(2)12-10-5-8-16-11(10)3-6-14-12/h3,5-6,8-9H,4,7,13H2,1-2H3. The maximum atomic E-state index is 5.77. The molecule has 2 rings (SSSR count). The molecule has 0 radical (unpaired) electrons. The molecule has 86 valence electrons. The van der Waals surface area contributed by atoms with Gasteiger partial charge in [0.05, 0.1) is 0 Å². The van der Waals surface area contributed by atoms with Crippen LogP contribution in [0.5, 0.6) is 0 Å². The Labute approximate surface area is 99.9 Å². The first kappa shape index (κ1) is 11.4. The van der Waals surface area contributed by atoms with E-state index in [2.05, 4.69) is 34.4 Å². The van der Waals surface area contributed by atoms with Crippen molar-refractivity contribution in [3.63, 3.8) is 0 Å². The molecule has 3 nitrogen and oxygen atoms in total. The van der Waals surface area contributed by atoms with Crippen LogP contribution in [0.2, 0.25) is 0 Å². The molecule has 4 heteroatoms. The molecular formula is C12H17N3S. The molecule has 2 heterocycles. The number of anilines is 1. The summed E-state index contributed by atoms with van der Waals surface area (Å²) in [5.74, 6) is 1.06. The van der Waals surface area contributed by atoms with Crippen molar-refractivity contribution < 1.29 is 0 Å².